The molecule has 1 aromatic rings. The number of aliphatic hydroxyl groups is 2. The van der Waals surface area contributed by atoms with E-state index in [-0.39, 0.29) is 5.82 Å². The molecule has 1 aromatic heterocycles. The number of alkyl halides is 2. The highest BCUT2D eigenvalue weighted by Gasteiger charge is 2.59. The van der Waals surface area contributed by atoms with Crippen LogP contribution in [0.5, 0.6) is 0 Å². The normalized spacial score (nSPS) is 27.9. The summed E-state index contributed by atoms with van der Waals surface area (Å²) in [6.07, 6.45) is 7.28. The van der Waals surface area contributed by atoms with E-state index in [4.69, 9.17) is 9.84 Å². The molecule has 2 fully saturated rings. The van der Waals surface area contributed by atoms with Gasteiger partial charge in [-0.05, 0) is 25.3 Å². The van der Waals surface area contributed by atoms with Crippen molar-refractivity contribution in [2.24, 2.45) is 11.3 Å². The van der Waals surface area contributed by atoms with E-state index in [0.29, 0.717) is 43.1 Å². The number of hydrogen-bond donors (Lipinski definition) is 4. The van der Waals surface area contributed by atoms with Crippen molar-refractivity contribution in [3.8, 4) is 0 Å². The van der Waals surface area contributed by atoms with Crippen molar-refractivity contribution in [1.29, 1.82) is 0 Å². The molecule has 1 aliphatic carbocycles. The van der Waals surface area contributed by atoms with Crippen LogP contribution in [0.1, 0.15) is 103 Å². The highest BCUT2D eigenvalue weighted by atomic mass is 19.3. The number of amides is 1. The molecule has 3 rings (SSSR count). The van der Waals surface area contributed by atoms with Crippen LogP contribution in [0, 0.1) is 11.3 Å². The van der Waals surface area contributed by atoms with Gasteiger partial charge in [-0.1, -0.05) is 77.6 Å². The van der Waals surface area contributed by atoms with Crippen LogP contribution in [0.3, 0.4) is 0 Å². The fraction of sp³-hybridized carbons (Fsp3) is 0.786. The number of carboxylic acids is 1. The van der Waals surface area contributed by atoms with Crippen molar-refractivity contribution >= 4 is 17.7 Å². The highest BCUT2D eigenvalue weighted by molar-refractivity contribution is 5.95. The summed E-state index contributed by atoms with van der Waals surface area (Å²) < 4.78 is 34.4. The van der Waals surface area contributed by atoms with Gasteiger partial charge >= 0.3 is 17.6 Å². The van der Waals surface area contributed by atoms with Crippen LogP contribution in [-0.2, 0) is 14.3 Å². The van der Waals surface area contributed by atoms with Gasteiger partial charge in [-0.3, -0.25) is 14.2 Å². The van der Waals surface area contributed by atoms with Gasteiger partial charge < -0.3 is 25.4 Å². The van der Waals surface area contributed by atoms with E-state index >= 15 is 0 Å². The maximum Gasteiger partial charge on any atom is 0.351 e. The van der Waals surface area contributed by atoms with E-state index in [0.717, 1.165) is 31.5 Å². The largest absolute Gasteiger partial charge is 0.481 e. The van der Waals surface area contributed by atoms with Crippen molar-refractivity contribution < 1.29 is 38.4 Å². The standard InChI is InChI=1S/C28H43F2N3O7/c1-2-3-4-5-6-7-8-9-11-15-27(25(37)38)16-12-10-13-19(27)23(36)31-21-14-17-33(26(39)32-21)24-28(29,30)22(35)20(18-34)40-24/h14,17,19-20,22,24,34-35H,2-13,15-16,18H2,1H3,(H,37,38)(H,31,32,36,39)/t19?,20-,22-,24-,27?/m1/s1. The van der Waals surface area contributed by atoms with Gasteiger partial charge in [0.15, 0.2) is 6.10 Å². The molecule has 5 atom stereocenters. The number of unbranched alkanes of at least 4 members (excludes halogenated alkanes) is 8. The number of aliphatic carboxylic acids is 1. The highest BCUT2D eigenvalue weighted by Crippen LogP contribution is 2.46. The molecule has 2 unspecified atom stereocenters. The van der Waals surface area contributed by atoms with Gasteiger partial charge in [0.25, 0.3) is 0 Å². The van der Waals surface area contributed by atoms with Crippen LogP contribution in [0.25, 0.3) is 0 Å². The number of nitrogens with one attached hydrogen (secondary N) is 1. The zero-order valence-corrected chi connectivity index (χ0v) is 23.2. The summed E-state index contributed by atoms with van der Waals surface area (Å²) in [5, 5.41) is 31.6. The van der Waals surface area contributed by atoms with Gasteiger partial charge in [-0.25, -0.2) is 4.79 Å². The molecular weight excluding hydrogens is 528 g/mol. The topological polar surface area (TPSA) is 151 Å². The second kappa shape index (κ2) is 14.5. The Morgan fingerprint density at radius 2 is 1.77 bits per heavy atom. The first-order valence-corrected chi connectivity index (χ1v) is 14.5. The second-order valence-corrected chi connectivity index (χ2v) is 11.2. The van der Waals surface area contributed by atoms with Gasteiger partial charge in [-0.2, -0.15) is 13.8 Å². The lowest BCUT2D eigenvalue weighted by molar-refractivity contribution is -0.159. The minimum absolute atomic E-state index is 0.195. The number of ether oxygens (including phenoxy) is 1. The number of carbonyl (C=O) groups is 2. The predicted molar refractivity (Wildman–Crippen MR) is 143 cm³/mol. The zero-order chi connectivity index (χ0) is 29.3. The molecule has 0 bridgehead atoms. The Morgan fingerprint density at radius 3 is 2.35 bits per heavy atom. The van der Waals surface area contributed by atoms with Crippen LogP contribution >= 0.6 is 0 Å². The van der Waals surface area contributed by atoms with Crippen molar-refractivity contribution in [3.63, 3.8) is 0 Å². The number of rotatable bonds is 15. The Hall–Kier alpha value is -2.44. The third-order valence-corrected chi connectivity index (χ3v) is 8.39. The zero-order valence-electron chi connectivity index (χ0n) is 23.2. The number of aromatic nitrogens is 2. The summed E-state index contributed by atoms with van der Waals surface area (Å²) in [5.41, 5.74) is -2.37. The molecule has 0 aromatic carbocycles. The molecular formula is C28H43F2N3O7. The van der Waals surface area contributed by atoms with E-state index in [9.17, 15) is 33.4 Å². The first-order chi connectivity index (χ1) is 19.1. The number of anilines is 1. The quantitative estimate of drug-likeness (QED) is 0.228. The summed E-state index contributed by atoms with van der Waals surface area (Å²) in [5.74, 6) is -6.45. The maximum atomic E-state index is 14.5. The minimum atomic E-state index is -3.86. The number of halogens is 2. The molecule has 2 aliphatic rings. The van der Waals surface area contributed by atoms with E-state index in [2.05, 4.69) is 17.2 Å². The molecule has 1 aliphatic heterocycles. The summed E-state index contributed by atoms with van der Waals surface area (Å²) in [7, 11) is 0. The van der Waals surface area contributed by atoms with Crippen LogP contribution < -0.4 is 11.0 Å². The smallest absolute Gasteiger partial charge is 0.351 e. The molecule has 226 valence electrons. The van der Waals surface area contributed by atoms with Gasteiger partial charge in [-0.15, -0.1) is 0 Å². The van der Waals surface area contributed by atoms with Crippen LogP contribution in [0.2, 0.25) is 0 Å². The number of aliphatic hydroxyl groups excluding tert-OH is 2. The Kier molecular flexibility index (Phi) is 11.6. The molecule has 40 heavy (non-hydrogen) atoms. The average Bonchev–Trinajstić information content (AvgIpc) is 3.15. The van der Waals surface area contributed by atoms with Crippen molar-refractivity contribution in [2.75, 3.05) is 11.9 Å². The molecule has 10 nitrogen and oxygen atoms in total. The summed E-state index contributed by atoms with van der Waals surface area (Å²) in [6, 6.07) is 1.14. The molecule has 4 N–H and O–H groups in total. The van der Waals surface area contributed by atoms with E-state index in [1.54, 1.807) is 0 Å². The summed E-state index contributed by atoms with van der Waals surface area (Å²) in [4.78, 5) is 42.1. The predicted octanol–water partition coefficient (Wildman–Crippen LogP) is 4.25. The minimum Gasteiger partial charge on any atom is -0.481 e. The van der Waals surface area contributed by atoms with Gasteiger partial charge in [0.05, 0.1) is 17.9 Å². The van der Waals surface area contributed by atoms with Crippen LogP contribution in [-0.4, -0.2) is 61.5 Å². The number of carboxylic acid groups (broad SMARTS) is 1. The third-order valence-electron chi connectivity index (χ3n) is 8.39. The lowest BCUT2D eigenvalue weighted by Gasteiger charge is -2.40. The summed E-state index contributed by atoms with van der Waals surface area (Å²) >= 11 is 0. The number of hydrogen-bond acceptors (Lipinski definition) is 7. The SMILES string of the molecule is CCCCCCCCCCCC1(C(=O)O)CCCCC1C(=O)Nc1ccn([C@@H]2O[C@H](CO)[C@@H](O)C2(F)F)c(=O)n1. The first kappa shape index (κ1) is 32.1. The Morgan fingerprint density at radius 1 is 1.12 bits per heavy atom. The number of nitrogens with zero attached hydrogens (tertiary/aromatic N) is 2. The van der Waals surface area contributed by atoms with E-state index in [1.807, 2.05) is 0 Å². The molecule has 1 saturated heterocycles. The van der Waals surface area contributed by atoms with Crippen LogP contribution in [0.4, 0.5) is 14.6 Å². The number of carbonyl (C=O) groups excluding carboxylic acids is 1. The van der Waals surface area contributed by atoms with Crippen molar-refractivity contribution in [3.05, 3.63) is 22.7 Å². The van der Waals surface area contributed by atoms with Crippen molar-refractivity contribution in [2.45, 2.75) is 121 Å². The Balaban J connectivity index is 1.64. The lowest BCUT2D eigenvalue weighted by Crippen LogP contribution is -2.47. The van der Waals surface area contributed by atoms with Gasteiger partial charge in [0.2, 0.25) is 12.1 Å². The van der Waals surface area contributed by atoms with E-state index < -0.39 is 59.9 Å². The molecule has 1 saturated carbocycles. The summed E-state index contributed by atoms with van der Waals surface area (Å²) in [6.45, 7) is 1.32. The molecule has 0 radical (unpaired) electrons. The fourth-order valence-corrected chi connectivity index (χ4v) is 6.03. The first-order valence-electron chi connectivity index (χ1n) is 14.5. The Bertz CT molecular complexity index is 1050. The molecule has 0 spiro atoms. The van der Waals surface area contributed by atoms with Gasteiger partial charge in [0, 0.05) is 6.20 Å². The second-order valence-electron chi connectivity index (χ2n) is 11.2. The average molecular weight is 572 g/mol. The maximum absolute atomic E-state index is 14.5. The van der Waals surface area contributed by atoms with Crippen molar-refractivity contribution in [1.82, 2.24) is 9.55 Å². The molecule has 2 heterocycles. The van der Waals surface area contributed by atoms with E-state index in [1.165, 1.54) is 32.1 Å². The lowest BCUT2D eigenvalue weighted by atomic mass is 9.63. The Labute approximate surface area is 233 Å². The third kappa shape index (κ3) is 7.25. The molecule has 12 heteroatoms. The van der Waals surface area contributed by atoms with Gasteiger partial charge in [0.1, 0.15) is 11.9 Å². The fourth-order valence-electron chi connectivity index (χ4n) is 6.03. The monoisotopic (exact) mass is 571 g/mol. The van der Waals surface area contributed by atoms with Crippen LogP contribution in [0.15, 0.2) is 17.1 Å². The molecule has 1 amide bonds.